The van der Waals surface area contributed by atoms with E-state index in [1.54, 1.807) is 0 Å². The highest BCUT2D eigenvalue weighted by Gasteiger charge is 2.53. The molecule has 0 atom stereocenters. The SMILES string of the molecule is CNS(=O)(=O)N1CC(N)(C2CC2)C1. The van der Waals surface area contributed by atoms with Gasteiger partial charge in [0.05, 0.1) is 0 Å². The van der Waals surface area contributed by atoms with Crippen molar-refractivity contribution >= 4 is 10.2 Å². The number of nitrogens with one attached hydrogen (secondary N) is 1. The average molecular weight is 205 g/mol. The molecule has 13 heavy (non-hydrogen) atoms. The molecule has 0 bridgehead atoms. The van der Waals surface area contributed by atoms with Gasteiger partial charge in [-0.25, -0.2) is 4.72 Å². The molecule has 1 saturated carbocycles. The zero-order chi connectivity index (χ0) is 9.69. The van der Waals surface area contributed by atoms with Crippen LogP contribution in [-0.2, 0) is 10.2 Å². The minimum Gasteiger partial charge on any atom is -0.323 e. The number of nitrogens with two attached hydrogens (primary N) is 1. The van der Waals surface area contributed by atoms with E-state index in [9.17, 15) is 8.42 Å². The summed E-state index contributed by atoms with van der Waals surface area (Å²) in [6.07, 6.45) is 2.31. The normalized spacial score (nSPS) is 28.5. The summed E-state index contributed by atoms with van der Waals surface area (Å²) in [6, 6.07) is 0. The summed E-state index contributed by atoms with van der Waals surface area (Å²) in [5.41, 5.74) is 5.78. The molecule has 6 heteroatoms. The number of rotatable bonds is 3. The lowest BCUT2D eigenvalue weighted by Gasteiger charge is -2.46. The smallest absolute Gasteiger partial charge is 0.279 e. The Hall–Kier alpha value is -0.170. The van der Waals surface area contributed by atoms with E-state index in [4.69, 9.17) is 5.73 Å². The van der Waals surface area contributed by atoms with E-state index in [0.29, 0.717) is 19.0 Å². The van der Waals surface area contributed by atoms with Gasteiger partial charge < -0.3 is 5.73 Å². The molecule has 0 unspecified atom stereocenters. The Morgan fingerprint density at radius 3 is 2.38 bits per heavy atom. The fourth-order valence-electron chi connectivity index (χ4n) is 1.83. The zero-order valence-electron chi connectivity index (χ0n) is 7.66. The van der Waals surface area contributed by atoms with Crippen molar-refractivity contribution < 1.29 is 8.42 Å². The van der Waals surface area contributed by atoms with E-state index in [1.807, 2.05) is 0 Å². The van der Waals surface area contributed by atoms with Gasteiger partial charge in [0.1, 0.15) is 0 Å². The van der Waals surface area contributed by atoms with Crippen LogP contribution in [0.25, 0.3) is 0 Å². The third kappa shape index (κ3) is 1.48. The molecule has 1 aliphatic carbocycles. The van der Waals surface area contributed by atoms with Gasteiger partial charge in [0.15, 0.2) is 0 Å². The molecule has 1 heterocycles. The molecule has 0 amide bonds. The molecule has 2 rings (SSSR count). The first-order chi connectivity index (χ1) is 5.98. The van der Waals surface area contributed by atoms with Crippen molar-refractivity contribution in [3.05, 3.63) is 0 Å². The molecule has 0 aromatic heterocycles. The van der Waals surface area contributed by atoms with Crippen LogP contribution < -0.4 is 10.5 Å². The predicted octanol–water partition coefficient (Wildman–Crippen LogP) is -1.13. The van der Waals surface area contributed by atoms with E-state index in [1.165, 1.54) is 11.4 Å². The van der Waals surface area contributed by atoms with Crippen LogP contribution in [0.2, 0.25) is 0 Å². The highest BCUT2D eigenvalue weighted by Crippen LogP contribution is 2.43. The minimum absolute atomic E-state index is 0.232. The fraction of sp³-hybridized carbons (Fsp3) is 1.00. The van der Waals surface area contributed by atoms with Crippen molar-refractivity contribution in [2.24, 2.45) is 11.7 Å². The minimum atomic E-state index is -3.23. The largest absolute Gasteiger partial charge is 0.323 e. The first kappa shape index (κ1) is 9.39. The van der Waals surface area contributed by atoms with Crippen LogP contribution in [0, 0.1) is 5.92 Å². The van der Waals surface area contributed by atoms with Gasteiger partial charge in [0, 0.05) is 25.7 Å². The molecule has 2 fully saturated rings. The molecule has 0 radical (unpaired) electrons. The lowest BCUT2D eigenvalue weighted by molar-refractivity contribution is 0.134. The van der Waals surface area contributed by atoms with Crippen LogP contribution in [0.3, 0.4) is 0 Å². The molecular formula is C7H15N3O2S. The molecular weight excluding hydrogens is 190 g/mol. The molecule has 2 aliphatic rings. The van der Waals surface area contributed by atoms with E-state index in [2.05, 4.69) is 4.72 Å². The van der Waals surface area contributed by atoms with Crippen molar-refractivity contribution in [2.45, 2.75) is 18.4 Å². The lowest BCUT2D eigenvalue weighted by atomic mass is 9.88. The summed E-state index contributed by atoms with van der Waals surface area (Å²) in [5, 5.41) is 0. The molecule has 3 N–H and O–H groups in total. The van der Waals surface area contributed by atoms with Crippen LogP contribution in [-0.4, -0.2) is 38.4 Å². The monoisotopic (exact) mass is 205 g/mol. The first-order valence-electron chi connectivity index (χ1n) is 4.45. The van der Waals surface area contributed by atoms with Crippen molar-refractivity contribution in [3.63, 3.8) is 0 Å². The fourth-order valence-corrected chi connectivity index (χ4v) is 2.90. The van der Waals surface area contributed by atoms with E-state index < -0.39 is 10.2 Å². The third-order valence-electron chi connectivity index (χ3n) is 2.93. The molecule has 5 nitrogen and oxygen atoms in total. The summed E-state index contributed by atoms with van der Waals surface area (Å²) in [7, 11) is -1.82. The lowest BCUT2D eigenvalue weighted by Crippen LogP contribution is -2.70. The maximum atomic E-state index is 11.3. The van der Waals surface area contributed by atoms with Crippen LogP contribution in [0.1, 0.15) is 12.8 Å². The summed E-state index contributed by atoms with van der Waals surface area (Å²) in [5.74, 6) is 0.552. The van der Waals surface area contributed by atoms with Gasteiger partial charge in [-0.2, -0.15) is 12.7 Å². The van der Waals surface area contributed by atoms with Gasteiger partial charge in [0.25, 0.3) is 10.2 Å². The van der Waals surface area contributed by atoms with Crippen molar-refractivity contribution in [2.75, 3.05) is 20.1 Å². The summed E-state index contributed by atoms with van der Waals surface area (Å²) in [4.78, 5) is 0. The summed E-state index contributed by atoms with van der Waals surface area (Å²) >= 11 is 0. The highest BCUT2D eigenvalue weighted by atomic mass is 32.2. The predicted molar refractivity (Wildman–Crippen MR) is 49.2 cm³/mol. The van der Waals surface area contributed by atoms with Gasteiger partial charge in [-0.1, -0.05) is 0 Å². The van der Waals surface area contributed by atoms with Gasteiger partial charge in [-0.15, -0.1) is 0 Å². The second kappa shape index (κ2) is 2.66. The molecule has 0 aromatic carbocycles. The Kier molecular flexibility index (Phi) is 1.92. The molecule has 1 saturated heterocycles. The Balaban J connectivity index is 1.97. The zero-order valence-corrected chi connectivity index (χ0v) is 8.47. The third-order valence-corrected chi connectivity index (χ3v) is 4.38. The van der Waals surface area contributed by atoms with Crippen LogP contribution >= 0.6 is 0 Å². The Morgan fingerprint density at radius 1 is 1.46 bits per heavy atom. The van der Waals surface area contributed by atoms with Gasteiger partial charge >= 0.3 is 0 Å². The van der Waals surface area contributed by atoms with Gasteiger partial charge in [-0.05, 0) is 18.8 Å². The van der Waals surface area contributed by atoms with E-state index >= 15 is 0 Å². The van der Waals surface area contributed by atoms with Crippen molar-refractivity contribution in [3.8, 4) is 0 Å². The maximum Gasteiger partial charge on any atom is 0.279 e. The number of hydrogen-bond donors (Lipinski definition) is 2. The Bertz CT molecular complexity index is 304. The number of nitrogens with zero attached hydrogens (tertiary/aromatic N) is 1. The summed E-state index contributed by atoms with van der Waals surface area (Å²) in [6.45, 7) is 0.946. The Labute approximate surface area is 78.5 Å². The van der Waals surface area contributed by atoms with Crippen molar-refractivity contribution in [1.82, 2.24) is 9.03 Å². The quantitative estimate of drug-likeness (QED) is 0.612. The first-order valence-corrected chi connectivity index (χ1v) is 5.89. The van der Waals surface area contributed by atoms with E-state index in [-0.39, 0.29) is 5.54 Å². The summed E-state index contributed by atoms with van der Waals surface area (Å²) < 4.78 is 26.2. The van der Waals surface area contributed by atoms with Crippen LogP contribution in [0.15, 0.2) is 0 Å². The van der Waals surface area contributed by atoms with Gasteiger partial charge in [0.2, 0.25) is 0 Å². The number of hydrogen-bond acceptors (Lipinski definition) is 3. The maximum absolute atomic E-state index is 11.3. The second-order valence-electron chi connectivity index (χ2n) is 3.98. The molecule has 76 valence electrons. The highest BCUT2D eigenvalue weighted by molar-refractivity contribution is 7.87. The van der Waals surface area contributed by atoms with Crippen LogP contribution in [0.4, 0.5) is 0 Å². The second-order valence-corrected chi connectivity index (χ2v) is 5.86. The van der Waals surface area contributed by atoms with Gasteiger partial charge in [-0.3, -0.25) is 0 Å². The topological polar surface area (TPSA) is 75.4 Å². The molecule has 0 spiro atoms. The molecule has 1 aliphatic heterocycles. The average Bonchev–Trinajstić information content (AvgIpc) is 2.80. The van der Waals surface area contributed by atoms with Crippen LogP contribution in [0.5, 0.6) is 0 Å². The van der Waals surface area contributed by atoms with Crippen molar-refractivity contribution in [1.29, 1.82) is 0 Å². The molecule has 0 aromatic rings. The van der Waals surface area contributed by atoms with E-state index in [0.717, 1.165) is 12.8 Å². The Morgan fingerprint density at radius 2 is 2.00 bits per heavy atom. The standard InChI is InChI=1S/C7H15N3O2S/c1-9-13(11,12)10-4-7(8,5-10)6-2-3-6/h6,9H,2-5,8H2,1H3.